The summed E-state index contributed by atoms with van der Waals surface area (Å²) >= 11 is 1.41. The fraction of sp³-hybridized carbons (Fsp3) is 0.312. The van der Waals surface area contributed by atoms with E-state index in [9.17, 15) is 4.79 Å². The van der Waals surface area contributed by atoms with Gasteiger partial charge in [-0.2, -0.15) is 5.10 Å². The third-order valence-corrected chi connectivity index (χ3v) is 4.99. The van der Waals surface area contributed by atoms with Gasteiger partial charge in [-0.25, -0.2) is 4.98 Å². The van der Waals surface area contributed by atoms with Crippen molar-refractivity contribution in [1.82, 2.24) is 29.6 Å². The number of aryl methyl sites for hydroxylation is 1. The first-order valence-corrected chi connectivity index (χ1v) is 8.83. The number of anilines is 1. The normalized spacial score (nSPS) is 14.8. The molecule has 0 bridgehead atoms. The standard InChI is InChI=1S/C16H17N7OS/c1-21-10-12(8-19-21)22-4-6-23(7-5-22)16(24)14-11-25-15(20-14)13-9-17-2-3-18-13/h2-3,8-11H,4-7H2,1H3. The van der Waals surface area contributed by atoms with Gasteiger partial charge in [-0.15, -0.1) is 11.3 Å². The summed E-state index contributed by atoms with van der Waals surface area (Å²) < 4.78 is 1.79. The van der Waals surface area contributed by atoms with E-state index >= 15 is 0 Å². The maximum absolute atomic E-state index is 12.7. The first-order valence-electron chi connectivity index (χ1n) is 7.95. The third-order valence-electron chi connectivity index (χ3n) is 4.13. The van der Waals surface area contributed by atoms with Crippen molar-refractivity contribution in [2.75, 3.05) is 31.1 Å². The summed E-state index contributed by atoms with van der Waals surface area (Å²) in [7, 11) is 1.90. The molecule has 3 aromatic rings. The lowest BCUT2D eigenvalue weighted by Crippen LogP contribution is -2.48. The number of rotatable bonds is 3. The van der Waals surface area contributed by atoms with Gasteiger partial charge < -0.3 is 9.80 Å². The fourth-order valence-corrected chi connectivity index (χ4v) is 3.55. The highest BCUT2D eigenvalue weighted by Gasteiger charge is 2.24. The van der Waals surface area contributed by atoms with E-state index in [4.69, 9.17) is 0 Å². The van der Waals surface area contributed by atoms with E-state index in [0.29, 0.717) is 29.5 Å². The van der Waals surface area contributed by atoms with Crippen molar-refractivity contribution < 1.29 is 4.79 Å². The van der Waals surface area contributed by atoms with Crippen molar-refractivity contribution in [2.24, 2.45) is 7.05 Å². The van der Waals surface area contributed by atoms with Crippen molar-refractivity contribution in [2.45, 2.75) is 0 Å². The van der Waals surface area contributed by atoms with E-state index < -0.39 is 0 Å². The molecule has 1 fully saturated rings. The van der Waals surface area contributed by atoms with Gasteiger partial charge in [-0.1, -0.05) is 0 Å². The molecular formula is C16H17N7OS. The number of aromatic nitrogens is 5. The van der Waals surface area contributed by atoms with Crippen LogP contribution in [-0.2, 0) is 7.05 Å². The highest BCUT2D eigenvalue weighted by molar-refractivity contribution is 7.13. The summed E-state index contributed by atoms with van der Waals surface area (Å²) in [6, 6.07) is 0. The Morgan fingerprint density at radius 1 is 1.16 bits per heavy atom. The number of hydrogen-bond acceptors (Lipinski definition) is 7. The average Bonchev–Trinajstić information content (AvgIpc) is 3.31. The van der Waals surface area contributed by atoms with Crippen LogP contribution in [0.2, 0.25) is 0 Å². The molecule has 0 N–H and O–H groups in total. The average molecular weight is 355 g/mol. The smallest absolute Gasteiger partial charge is 0.273 e. The highest BCUT2D eigenvalue weighted by atomic mass is 32.1. The largest absolute Gasteiger partial charge is 0.365 e. The van der Waals surface area contributed by atoms with E-state index in [1.807, 2.05) is 24.3 Å². The van der Waals surface area contributed by atoms with E-state index in [1.54, 1.807) is 28.7 Å². The SMILES string of the molecule is Cn1cc(N2CCN(C(=O)c3csc(-c4cnccn4)n3)CC2)cn1. The monoisotopic (exact) mass is 355 g/mol. The Hall–Kier alpha value is -2.81. The second-order valence-electron chi connectivity index (χ2n) is 5.78. The molecule has 0 saturated carbocycles. The van der Waals surface area contributed by atoms with Gasteiger partial charge in [0.05, 0.1) is 18.1 Å². The Labute approximate surface area is 148 Å². The molecule has 9 heteroatoms. The number of nitrogens with zero attached hydrogens (tertiary/aromatic N) is 7. The molecule has 1 saturated heterocycles. The van der Waals surface area contributed by atoms with Gasteiger partial charge in [0.1, 0.15) is 16.4 Å². The Morgan fingerprint density at radius 3 is 2.68 bits per heavy atom. The molecule has 0 spiro atoms. The van der Waals surface area contributed by atoms with Crippen LogP contribution in [0.5, 0.6) is 0 Å². The number of thiazole rings is 1. The summed E-state index contributed by atoms with van der Waals surface area (Å²) in [5, 5.41) is 6.70. The molecule has 1 aliphatic rings. The maximum Gasteiger partial charge on any atom is 0.273 e. The Bertz CT molecular complexity index is 868. The molecule has 128 valence electrons. The molecule has 0 unspecified atom stereocenters. The lowest BCUT2D eigenvalue weighted by Gasteiger charge is -2.35. The maximum atomic E-state index is 12.7. The molecule has 3 aromatic heterocycles. The van der Waals surface area contributed by atoms with E-state index in [-0.39, 0.29) is 5.91 Å². The Morgan fingerprint density at radius 2 is 2.00 bits per heavy atom. The molecule has 0 aromatic carbocycles. The zero-order chi connectivity index (χ0) is 17.2. The fourth-order valence-electron chi connectivity index (χ4n) is 2.80. The molecule has 0 radical (unpaired) electrons. The molecule has 0 aliphatic carbocycles. The second kappa shape index (κ2) is 6.60. The van der Waals surface area contributed by atoms with Crippen molar-refractivity contribution in [3.63, 3.8) is 0 Å². The lowest BCUT2D eigenvalue weighted by atomic mass is 10.2. The zero-order valence-electron chi connectivity index (χ0n) is 13.7. The predicted molar refractivity (Wildman–Crippen MR) is 94.5 cm³/mol. The number of amides is 1. The summed E-state index contributed by atoms with van der Waals surface area (Å²) in [5.41, 5.74) is 2.25. The van der Waals surface area contributed by atoms with Crippen LogP contribution >= 0.6 is 11.3 Å². The van der Waals surface area contributed by atoms with Crippen LogP contribution in [0, 0.1) is 0 Å². The minimum atomic E-state index is -0.0303. The molecule has 1 amide bonds. The van der Waals surface area contributed by atoms with Crippen LogP contribution in [0.4, 0.5) is 5.69 Å². The zero-order valence-corrected chi connectivity index (χ0v) is 14.6. The second-order valence-corrected chi connectivity index (χ2v) is 6.64. The van der Waals surface area contributed by atoms with Crippen LogP contribution in [0.15, 0.2) is 36.4 Å². The van der Waals surface area contributed by atoms with Crippen molar-refractivity contribution in [1.29, 1.82) is 0 Å². The predicted octanol–water partition coefficient (Wildman–Crippen LogP) is 1.30. The Kier molecular flexibility index (Phi) is 4.14. The van der Waals surface area contributed by atoms with Gasteiger partial charge in [0.15, 0.2) is 0 Å². The molecule has 4 heterocycles. The van der Waals surface area contributed by atoms with Crippen molar-refractivity contribution >= 4 is 22.9 Å². The van der Waals surface area contributed by atoms with Gasteiger partial charge >= 0.3 is 0 Å². The van der Waals surface area contributed by atoms with Crippen molar-refractivity contribution in [3.8, 4) is 10.7 Å². The van der Waals surface area contributed by atoms with Gasteiger partial charge in [0, 0.05) is 57.2 Å². The van der Waals surface area contributed by atoms with Crippen LogP contribution < -0.4 is 4.90 Å². The first kappa shape index (κ1) is 15.7. The van der Waals surface area contributed by atoms with Crippen LogP contribution in [0.1, 0.15) is 10.5 Å². The van der Waals surface area contributed by atoms with Gasteiger partial charge in [0.2, 0.25) is 0 Å². The molecule has 0 atom stereocenters. The quantitative estimate of drug-likeness (QED) is 0.704. The highest BCUT2D eigenvalue weighted by Crippen LogP contribution is 2.22. The molecule has 8 nitrogen and oxygen atoms in total. The first-order chi connectivity index (χ1) is 12.2. The van der Waals surface area contributed by atoms with Crippen LogP contribution in [-0.4, -0.2) is 61.7 Å². The number of piperazine rings is 1. The van der Waals surface area contributed by atoms with Crippen LogP contribution in [0.3, 0.4) is 0 Å². The summed E-state index contributed by atoms with van der Waals surface area (Å²) in [5.74, 6) is -0.0303. The molecule has 25 heavy (non-hydrogen) atoms. The number of carbonyl (C=O) groups excluding carboxylic acids is 1. The third kappa shape index (κ3) is 3.22. The number of carbonyl (C=O) groups is 1. The summed E-state index contributed by atoms with van der Waals surface area (Å²) in [4.78, 5) is 29.5. The summed E-state index contributed by atoms with van der Waals surface area (Å²) in [6.07, 6.45) is 8.73. The van der Waals surface area contributed by atoms with Gasteiger partial charge in [-0.3, -0.25) is 19.4 Å². The topological polar surface area (TPSA) is 80.0 Å². The van der Waals surface area contributed by atoms with Crippen LogP contribution in [0.25, 0.3) is 10.7 Å². The molecular weight excluding hydrogens is 338 g/mol. The molecule has 1 aliphatic heterocycles. The Balaban J connectivity index is 1.42. The lowest BCUT2D eigenvalue weighted by molar-refractivity contribution is 0.0742. The van der Waals surface area contributed by atoms with Gasteiger partial charge in [0.25, 0.3) is 5.91 Å². The van der Waals surface area contributed by atoms with Gasteiger partial charge in [-0.05, 0) is 0 Å². The minimum absolute atomic E-state index is 0.0303. The van der Waals surface area contributed by atoms with E-state index in [2.05, 4.69) is 25.0 Å². The van der Waals surface area contributed by atoms with E-state index in [1.165, 1.54) is 11.3 Å². The molecule has 4 rings (SSSR count). The minimum Gasteiger partial charge on any atom is -0.365 e. The summed E-state index contributed by atoms with van der Waals surface area (Å²) in [6.45, 7) is 2.93. The van der Waals surface area contributed by atoms with E-state index in [0.717, 1.165) is 18.8 Å². The number of hydrogen-bond donors (Lipinski definition) is 0. The van der Waals surface area contributed by atoms with Crippen molar-refractivity contribution in [3.05, 3.63) is 42.1 Å².